The van der Waals surface area contributed by atoms with E-state index in [-0.39, 0.29) is 5.56 Å². The fraction of sp³-hybridized carbons (Fsp3) is 0.0938. The van der Waals surface area contributed by atoms with E-state index in [0.717, 1.165) is 22.3 Å². The van der Waals surface area contributed by atoms with Crippen LogP contribution in [0.1, 0.15) is 34.6 Å². The lowest BCUT2D eigenvalue weighted by atomic mass is 10.0. The Hall–Kier alpha value is -5.37. The van der Waals surface area contributed by atoms with Crippen molar-refractivity contribution in [3.8, 4) is 33.9 Å². The monoisotopic (exact) mass is 534 g/mol. The van der Waals surface area contributed by atoms with Gasteiger partial charge < -0.3 is 19.1 Å². The van der Waals surface area contributed by atoms with Gasteiger partial charge in [0.2, 0.25) is 0 Å². The Balaban J connectivity index is 1.25. The zero-order chi connectivity index (χ0) is 28.1. The molecule has 5 rings (SSSR count). The summed E-state index contributed by atoms with van der Waals surface area (Å²) in [4.78, 5) is 23.6. The number of anilines is 1. The van der Waals surface area contributed by atoms with Crippen molar-refractivity contribution in [1.29, 1.82) is 0 Å². The predicted molar refractivity (Wildman–Crippen MR) is 151 cm³/mol. The third-order valence-corrected chi connectivity index (χ3v) is 6.31. The molecule has 200 valence electrons. The SMILES string of the molecule is Cc1noc(-c2ccc(-c3ccc(Oc4ccc(C(=O)O)cc4)cc3)cc2)c1NC(=O)O[C@H](C)c1ccccc1. The van der Waals surface area contributed by atoms with E-state index in [4.69, 9.17) is 19.1 Å². The minimum absolute atomic E-state index is 0.201. The van der Waals surface area contributed by atoms with E-state index >= 15 is 0 Å². The van der Waals surface area contributed by atoms with Crippen LogP contribution in [0.4, 0.5) is 10.5 Å². The maximum atomic E-state index is 12.6. The Labute approximate surface area is 230 Å². The molecule has 0 unspecified atom stereocenters. The van der Waals surface area contributed by atoms with Crippen LogP contribution in [0.15, 0.2) is 108 Å². The Morgan fingerprint density at radius 1 is 0.800 bits per heavy atom. The number of carboxylic acid groups (broad SMARTS) is 1. The minimum atomic E-state index is -0.983. The van der Waals surface area contributed by atoms with E-state index in [1.54, 1.807) is 19.1 Å². The Morgan fingerprint density at radius 2 is 1.35 bits per heavy atom. The molecule has 0 spiro atoms. The second kappa shape index (κ2) is 11.6. The zero-order valence-electron chi connectivity index (χ0n) is 21.8. The highest BCUT2D eigenvalue weighted by Crippen LogP contribution is 2.33. The zero-order valence-corrected chi connectivity index (χ0v) is 21.8. The van der Waals surface area contributed by atoms with E-state index < -0.39 is 18.2 Å². The maximum absolute atomic E-state index is 12.6. The van der Waals surface area contributed by atoms with Gasteiger partial charge in [0.15, 0.2) is 5.76 Å². The van der Waals surface area contributed by atoms with Crippen LogP contribution >= 0.6 is 0 Å². The number of ether oxygens (including phenoxy) is 2. The molecular formula is C32H26N2O6. The van der Waals surface area contributed by atoms with Crippen molar-refractivity contribution in [3.05, 3.63) is 120 Å². The van der Waals surface area contributed by atoms with E-state index in [2.05, 4.69) is 10.5 Å². The van der Waals surface area contributed by atoms with Crippen molar-refractivity contribution >= 4 is 17.7 Å². The lowest BCUT2D eigenvalue weighted by Crippen LogP contribution is -2.16. The van der Waals surface area contributed by atoms with Crippen molar-refractivity contribution in [3.63, 3.8) is 0 Å². The number of carboxylic acids is 1. The molecule has 4 aromatic carbocycles. The summed E-state index contributed by atoms with van der Waals surface area (Å²) in [6.07, 6.45) is -1.01. The molecular weight excluding hydrogens is 508 g/mol. The largest absolute Gasteiger partial charge is 0.478 e. The Morgan fingerprint density at radius 3 is 1.95 bits per heavy atom. The molecule has 1 atom stereocenters. The second-order valence-electron chi connectivity index (χ2n) is 9.09. The van der Waals surface area contributed by atoms with Crippen molar-refractivity contribution in [1.82, 2.24) is 5.16 Å². The lowest BCUT2D eigenvalue weighted by Gasteiger charge is -2.14. The van der Waals surface area contributed by atoms with Gasteiger partial charge in [0.1, 0.15) is 29.0 Å². The quantitative estimate of drug-likeness (QED) is 0.207. The third-order valence-electron chi connectivity index (χ3n) is 6.31. The van der Waals surface area contributed by atoms with Gasteiger partial charge in [0.05, 0.1) is 5.56 Å². The molecule has 2 N–H and O–H groups in total. The van der Waals surface area contributed by atoms with Crippen LogP contribution in [-0.4, -0.2) is 22.3 Å². The van der Waals surface area contributed by atoms with E-state index in [1.807, 2.05) is 85.8 Å². The van der Waals surface area contributed by atoms with Crippen LogP contribution in [0.5, 0.6) is 11.5 Å². The van der Waals surface area contributed by atoms with Crippen molar-refractivity contribution in [2.24, 2.45) is 0 Å². The highest BCUT2D eigenvalue weighted by atomic mass is 16.6. The number of aromatic carboxylic acids is 1. The standard InChI is InChI=1S/C32H26N2O6/c1-20-29(33-32(37)38-21(2)22-6-4-3-5-7-22)30(40-34-20)25-10-8-23(9-11-25)24-12-16-27(17-13-24)39-28-18-14-26(15-19-28)31(35)36/h3-19,21H,1-2H3,(H,33,37)(H,35,36)/t21-/m1/s1. The van der Waals surface area contributed by atoms with Gasteiger partial charge in [0, 0.05) is 5.56 Å². The molecule has 8 heteroatoms. The smallest absolute Gasteiger partial charge is 0.412 e. The van der Waals surface area contributed by atoms with Crippen molar-refractivity contribution in [2.45, 2.75) is 20.0 Å². The summed E-state index contributed by atoms with van der Waals surface area (Å²) in [5, 5.41) is 15.8. The topological polar surface area (TPSA) is 111 Å². The number of benzene rings is 4. The highest BCUT2D eigenvalue weighted by Gasteiger charge is 2.20. The molecule has 5 aromatic rings. The summed E-state index contributed by atoms with van der Waals surface area (Å²) in [6.45, 7) is 3.56. The average molecular weight is 535 g/mol. The predicted octanol–water partition coefficient (Wildman–Crippen LogP) is 8.12. The summed E-state index contributed by atoms with van der Waals surface area (Å²) in [5.74, 6) is 0.631. The van der Waals surface area contributed by atoms with Gasteiger partial charge in [-0.2, -0.15) is 0 Å². The Bertz CT molecular complexity index is 1610. The molecule has 0 radical (unpaired) electrons. The van der Waals surface area contributed by atoms with Crippen LogP contribution in [0.3, 0.4) is 0 Å². The third kappa shape index (κ3) is 6.02. The lowest BCUT2D eigenvalue weighted by molar-refractivity contribution is 0.0696. The molecule has 0 aliphatic rings. The molecule has 0 saturated heterocycles. The molecule has 8 nitrogen and oxygen atoms in total. The number of hydrogen-bond acceptors (Lipinski definition) is 6. The fourth-order valence-corrected chi connectivity index (χ4v) is 4.13. The number of aryl methyl sites for hydroxylation is 1. The first-order chi connectivity index (χ1) is 19.4. The van der Waals surface area contributed by atoms with Gasteiger partial charge in [0.25, 0.3) is 0 Å². The average Bonchev–Trinajstić information content (AvgIpc) is 3.33. The first-order valence-corrected chi connectivity index (χ1v) is 12.6. The number of carbonyl (C=O) groups excluding carboxylic acids is 1. The van der Waals surface area contributed by atoms with Crippen molar-refractivity contribution in [2.75, 3.05) is 5.32 Å². The molecule has 0 aliphatic heterocycles. The van der Waals surface area contributed by atoms with Gasteiger partial charge >= 0.3 is 12.1 Å². The summed E-state index contributed by atoms with van der Waals surface area (Å²) < 4.78 is 16.9. The normalized spacial score (nSPS) is 11.4. The highest BCUT2D eigenvalue weighted by molar-refractivity contribution is 5.91. The summed E-state index contributed by atoms with van der Waals surface area (Å²) >= 11 is 0. The number of aromatic nitrogens is 1. The van der Waals surface area contributed by atoms with Crippen LogP contribution in [-0.2, 0) is 4.74 Å². The molecule has 0 bridgehead atoms. The number of nitrogens with one attached hydrogen (secondary N) is 1. The van der Waals surface area contributed by atoms with E-state index in [1.165, 1.54) is 12.1 Å². The van der Waals surface area contributed by atoms with Crippen LogP contribution in [0.25, 0.3) is 22.5 Å². The summed E-state index contributed by atoms with van der Waals surface area (Å²) in [7, 11) is 0. The van der Waals surface area contributed by atoms with E-state index in [0.29, 0.717) is 28.6 Å². The first kappa shape index (κ1) is 26.2. The van der Waals surface area contributed by atoms with Crippen LogP contribution < -0.4 is 10.1 Å². The molecule has 1 aromatic heterocycles. The number of nitrogens with zero attached hydrogens (tertiary/aromatic N) is 1. The maximum Gasteiger partial charge on any atom is 0.412 e. The number of hydrogen-bond donors (Lipinski definition) is 2. The van der Waals surface area contributed by atoms with Crippen LogP contribution in [0, 0.1) is 6.92 Å². The number of rotatable bonds is 8. The molecule has 0 saturated carbocycles. The molecule has 1 heterocycles. The Kier molecular flexibility index (Phi) is 7.59. The molecule has 0 aliphatic carbocycles. The van der Waals surface area contributed by atoms with Gasteiger partial charge in [-0.1, -0.05) is 71.9 Å². The molecule has 0 fully saturated rings. The van der Waals surface area contributed by atoms with Gasteiger partial charge in [-0.05, 0) is 66.9 Å². The van der Waals surface area contributed by atoms with Gasteiger partial charge in [-0.25, -0.2) is 9.59 Å². The molecule has 1 amide bonds. The van der Waals surface area contributed by atoms with E-state index in [9.17, 15) is 9.59 Å². The fourth-order valence-electron chi connectivity index (χ4n) is 4.13. The van der Waals surface area contributed by atoms with Gasteiger partial charge in [-0.15, -0.1) is 0 Å². The van der Waals surface area contributed by atoms with Crippen LogP contribution in [0.2, 0.25) is 0 Å². The second-order valence-corrected chi connectivity index (χ2v) is 9.09. The summed E-state index contributed by atoms with van der Waals surface area (Å²) in [5.41, 5.74) is 4.79. The molecule has 40 heavy (non-hydrogen) atoms. The first-order valence-electron chi connectivity index (χ1n) is 12.6. The number of carbonyl (C=O) groups is 2. The minimum Gasteiger partial charge on any atom is -0.478 e. The van der Waals surface area contributed by atoms with Crippen molar-refractivity contribution < 1.29 is 28.7 Å². The van der Waals surface area contributed by atoms with Gasteiger partial charge in [-0.3, -0.25) is 5.32 Å². The summed E-state index contributed by atoms with van der Waals surface area (Å²) in [6, 6.07) is 31.0. The number of amides is 1.